The molecule has 0 saturated carbocycles. The van der Waals surface area contributed by atoms with Gasteiger partial charge in [0.2, 0.25) is 10.0 Å². The zero-order valence-electron chi connectivity index (χ0n) is 19.6. The highest BCUT2D eigenvalue weighted by molar-refractivity contribution is 7.92. The third kappa shape index (κ3) is 6.44. The number of ether oxygens (including phenoxy) is 1. The Bertz CT molecular complexity index is 1360. The predicted octanol–water partition coefficient (Wildman–Crippen LogP) is 4.13. The molecule has 2 aromatic heterocycles. The minimum Gasteiger partial charge on any atom is -0.491 e. The van der Waals surface area contributed by atoms with E-state index in [-0.39, 0.29) is 52.6 Å². The number of primary amides is 1. The van der Waals surface area contributed by atoms with Crippen LogP contribution in [0.2, 0.25) is 0 Å². The van der Waals surface area contributed by atoms with E-state index in [1.165, 1.54) is 31.2 Å². The molecule has 36 heavy (non-hydrogen) atoms. The van der Waals surface area contributed by atoms with Crippen molar-refractivity contribution in [2.45, 2.75) is 26.9 Å². The topological polar surface area (TPSA) is 152 Å². The second kappa shape index (κ2) is 10.4. The fraction of sp³-hybridized carbons (Fsp3) is 0.318. The van der Waals surface area contributed by atoms with E-state index in [0.717, 1.165) is 12.1 Å². The van der Waals surface area contributed by atoms with Gasteiger partial charge >= 0.3 is 6.18 Å². The van der Waals surface area contributed by atoms with Crippen molar-refractivity contribution in [2.75, 3.05) is 22.4 Å². The second-order valence-electron chi connectivity index (χ2n) is 8.14. The maximum Gasteiger partial charge on any atom is 0.433 e. The molecule has 14 heteroatoms. The minimum absolute atomic E-state index is 0.133. The lowest BCUT2D eigenvalue weighted by molar-refractivity contribution is -0.141. The van der Waals surface area contributed by atoms with Crippen molar-refractivity contribution >= 4 is 33.3 Å². The summed E-state index contributed by atoms with van der Waals surface area (Å²) in [5.74, 6) is -1.05. The number of nitrogens with zero attached hydrogens (tertiary/aromatic N) is 2. The van der Waals surface area contributed by atoms with Gasteiger partial charge in [-0.25, -0.2) is 13.4 Å². The molecule has 0 unspecified atom stereocenters. The van der Waals surface area contributed by atoms with Crippen LogP contribution >= 0.6 is 0 Å². The number of nitrogens with one attached hydrogen (secondary N) is 3. The van der Waals surface area contributed by atoms with Crippen LogP contribution in [0.25, 0.3) is 11.3 Å². The number of amides is 1. The number of rotatable bonds is 10. The molecule has 0 fully saturated rings. The van der Waals surface area contributed by atoms with Crippen molar-refractivity contribution in [1.82, 2.24) is 15.2 Å². The molecule has 3 aromatic rings. The smallest absolute Gasteiger partial charge is 0.433 e. The number of aromatic amines is 1. The summed E-state index contributed by atoms with van der Waals surface area (Å²) in [6.45, 7) is 5.60. The first-order chi connectivity index (χ1) is 16.8. The number of aromatic nitrogens is 3. The predicted molar refractivity (Wildman–Crippen MR) is 128 cm³/mol. The molecule has 1 aromatic carbocycles. The van der Waals surface area contributed by atoms with Crippen LogP contribution in [0.15, 0.2) is 36.4 Å². The molecule has 0 aliphatic carbocycles. The van der Waals surface area contributed by atoms with Gasteiger partial charge in [0.25, 0.3) is 5.91 Å². The highest BCUT2D eigenvalue weighted by atomic mass is 32.2. The van der Waals surface area contributed by atoms with Gasteiger partial charge in [0, 0.05) is 5.56 Å². The van der Waals surface area contributed by atoms with Gasteiger partial charge in [0.15, 0.2) is 5.82 Å². The SMILES string of the molecule is CCS(=O)(=O)Nc1ccc(-c2[nH]nc(Nc3cccc(C(F)(F)F)n3)c2C(N)=O)cc1OCC(C)C. The van der Waals surface area contributed by atoms with Crippen LogP contribution in [-0.2, 0) is 16.2 Å². The van der Waals surface area contributed by atoms with Crippen LogP contribution in [0.3, 0.4) is 0 Å². The second-order valence-corrected chi connectivity index (χ2v) is 10.1. The number of halogens is 3. The van der Waals surface area contributed by atoms with Crippen molar-refractivity contribution in [3.63, 3.8) is 0 Å². The quantitative estimate of drug-likeness (QED) is 0.310. The van der Waals surface area contributed by atoms with Crippen LogP contribution in [0.4, 0.5) is 30.5 Å². The van der Waals surface area contributed by atoms with Crippen LogP contribution in [-0.4, -0.2) is 41.9 Å². The molecular weight excluding hydrogens is 501 g/mol. The molecule has 1 amide bonds. The van der Waals surface area contributed by atoms with Gasteiger partial charge in [0.1, 0.15) is 22.8 Å². The van der Waals surface area contributed by atoms with E-state index >= 15 is 0 Å². The molecular formula is C22H25F3N6O4S. The summed E-state index contributed by atoms with van der Waals surface area (Å²) in [6.07, 6.45) is -4.66. The number of carbonyl (C=O) groups excluding carboxylic acids is 1. The molecule has 0 aliphatic rings. The van der Waals surface area contributed by atoms with E-state index in [4.69, 9.17) is 10.5 Å². The van der Waals surface area contributed by atoms with E-state index in [1.807, 2.05) is 13.8 Å². The standard InChI is InChI=1S/C22H25F3N6O4S/c1-4-36(33,34)31-14-9-8-13(10-15(14)35-11-12(2)3)19-18(20(26)32)21(30-29-19)28-17-7-5-6-16(27-17)22(23,24)25/h5-10,12,31H,4,11H2,1-3H3,(H2,26,32)(H2,27,28,29,30). The number of carbonyl (C=O) groups is 1. The lowest BCUT2D eigenvalue weighted by Crippen LogP contribution is -2.16. The van der Waals surface area contributed by atoms with Crippen molar-refractivity contribution < 1.29 is 31.1 Å². The number of alkyl halides is 3. The summed E-state index contributed by atoms with van der Waals surface area (Å²) < 4.78 is 71.4. The first kappa shape index (κ1) is 26.8. The number of anilines is 3. The zero-order valence-corrected chi connectivity index (χ0v) is 20.4. The Kier molecular flexibility index (Phi) is 7.77. The molecule has 194 valence electrons. The molecule has 0 aliphatic heterocycles. The number of H-pyrrole nitrogens is 1. The molecule has 5 N–H and O–H groups in total. The maximum atomic E-state index is 13.0. The summed E-state index contributed by atoms with van der Waals surface area (Å²) >= 11 is 0. The van der Waals surface area contributed by atoms with Crippen molar-refractivity contribution in [1.29, 1.82) is 0 Å². The largest absolute Gasteiger partial charge is 0.491 e. The van der Waals surface area contributed by atoms with E-state index in [0.29, 0.717) is 5.56 Å². The molecule has 0 saturated heterocycles. The summed E-state index contributed by atoms with van der Waals surface area (Å²) in [4.78, 5) is 15.8. The average Bonchev–Trinajstić information content (AvgIpc) is 3.21. The number of sulfonamides is 1. The molecule has 0 spiro atoms. The number of hydrogen-bond donors (Lipinski definition) is 4. The molecule has 0 radical (unpaired) electrons. The van der Waals surface area contributed by atoms with Gasteiger partial charge < -0.3 is 15.8 Å². The Labute approximate surface area is 205 Å². The third-order valence-corrected chi connectivity index (χ3v) is 6.08. The first-order valence-corrected chi connectivity index (χ1v) is 12.4. The Morgan fingerprint density at radius 1 is 1.22 bits per heavy atom. The van der Waals surface area contributed by atoms with Gasteiger partial charge in [-0.2, -0.15) is 18.3 Å². The van der Waals surface area contributed by atoms with E-state index < -0.39 is 27.8 Å². The summed E-state index contributed by atoms with van der Waals surface area (Å²) in [7, 11) is -3.60. The Morgan fingerprint density at radius 3 is 2.56 bits per heavy atom. The molecule has 0 atom stereocenters. The lowest BCUT2D eigenvalue weighted by atomic mass is 10.1. The summed E-state index contributed by atoms with van der Waals surface area (Å²) in [5, 5.41) is 9.22. The van der Waals surface area contributed by atoms with Crippen molar-refractivity contribution in [3.05, 3.63) is 47.7 Å². The Morgan fingerprint density at radius 2 is 1.94 bits per heavy atom. The van der Waals surface area contributed by atoms with Crippen LogP contribution < -0.4 is 20.5 Å². The van der Waals surface area contributed by atoms with Gasteiger partial charge in [-0.3, -0.25) is 14.6 Å². The first-order valence-electron chi connectivity index (χ1n) is 10.8. The molecule has 0 bridgehead atoms. The van der Waals surface area contributed by atoms with E-state index in [9.17, 15) is 26.4 Å². The molecule has 2 heterocycles. The van der Waals surface area contributed by atoms with Crippen LogP contribution in [0.5, 0.6) is 5.75 Å². The zero-order chi connectivity index (χ0) is 26.7. The third-order valence-electron chi connectivity index (χ3n) is 4.79. The number of benzene rings is 1. The number of pyridine rings is 1. The van der Waals surface area contributed by atoms with E-state index in [2.05, 4.69) is 25.2 Å². The highest BCUT2D eigenvalue weighted by Gasteiger charge is 2.32. The lowest BCUT2D eigenvalue weighted by Gasteiger charge is -2.16. The van der Waals surface area contributed by atoms with E-state index in [1.54, 1.807) is 0 Å². The fourth-order valence-electron chi connectivity index (χ4n) is 3.04. The summed E-state index contributed by atoms with van der Waals surface area (Å²) in [5.41, 5.74) is 5.02. The van der Waals surface area contributed by atoms with Gasteiger partial charge in [-0.1, -0.05) is 26.0 Å². The number of hydrogen-bond acceptors (Lipinski definition) is 7. The van der Waals surface area contributed by atoms with Gasteiger partial charge in [0.05, 0.1) is 23.7 Å². The summed E-state index contributed by atoms with van der Waals surface area (Å²) in [6, 6.07) is 7.73. The Hall–Kier alpha value is -3.81. The molecule has 3 rings (SSSR count). The van der Waals surface area contributed by atoms with Crippen molar-refractivity contribution in [2.24, 2.45) is 11.7 Å². The average molecular weight is 527 g/mol. The maximum absolute atomic E-state index is 13.0. The normalized spacial score (nSPS) is 12.0. The van der Waals surface area contributed by atoms with Gasteiger partial charge in [-0.05, 0) is 37.1 Å². The monoisotopic (exact) mass is 526 g/mol. The number of nitrogens with two attached hydrogens (primary N) is 1. The van der Waals surface area contributed by atoms with Gasteiger partial charge in [-0.15, -0.1) is 0 Å². The minimum atomic E-state index is -4.66. The fourth-order valence-corrected chi connectivity index (χ4v) is 3.69. The van der Waals surface area contributed by atoms with Crippen LogP contribution in [0, 0.1) is 5.92 Å². The van der Waals surface area contributed by atoms with Crippen LogP contribution in [0.1, 0.15) is 36.8 Å². The Balaban J connectivity index is 2.03. The van der Waals surface area contributed by atoms with Crippen molar-refractivity contribution in [3.8, 4) is 17.0 Å². The highest BCUT2D eigenvalue weighted by Crippen LogP contribution is 2.35. The molecule has 10 nitrogen and oxygen atoms in total.